The van der Waals surface area contributed by atoms with Crippen molar-refractivity contribution >= 4 is 17.5 Å². The first kappa shape index (κ1) is 13.5. The molecule has 0 bridgehead atoms. The van der Waals surface area contributed by atoms with E-state index in [0.717, 1.165) is 0 Å². The standard InChI is InChI=1S/C14H17FN2O2/c1-3-17(4-2)14(19)11-8-13(18)16-12-7-9(15)5-6-10(11)12/h5-7,11H,3-4,8H2,1-2H3,(H,16,18). The number of nitrogens with one attached hydrogen (secondary N) is 1. The van der Waals surface area contributed by atoms with Crippen molar-refractivity contribution in [3.8, 4) is 0 Å². The first-order valence-corrected chi connectivity index (χ1v) is 6.44. The van der Waals surface area contributed by atoms with Gasteiger partial charge in [0.2, 0.25) is 11.8 Å². The Morgan fingerprint density at radius 1 is 1.42 bits per heavy atom. The Bertz CT molecular complexity index is 512. The van der Waals surface area contributed by atoms with Crippen LogP contribution in [0.5, 0.6) is 0 Å². The molecule has 1 heterocycles. The third-order valence-electron chi connectivity index (χ3n) is 3.43. The molecule has 2 rings (SSSR count). The fraction of sp³-hybridized carbons (Fsp3) is 0.429. The number of amides is 2. The second kappa shape index (κ2) is 5.38. The predicted octanol–water partition coefficient (Wildman–Crippen LogP) is 2.12. The number of halogens is 1. The van der Waals surface area contributed by atoms with E-state index in [9.17, 15) is 14.0 Å². The lowest BCUT2D eigenvalue weighted by Gasteiger charge is -2.29. The summed E-state index contributed by atoms with van der Waals surface area (Å²) in [7, 11) is 0. The molecule has 1 aliphatic heterocycles. The van der Waals surface area contributed by atoms with Crippen LogP contribution in [0.4, 0.5) is 10.1 Å². The molecule has 0 aromatic heterocycles. The summed E-state index contributed by atoms with van der Waals surface area (Å²) in [4.78, 5) is 25.7. The minimum absolute atomic E-state index is 0.0762. The Balaban J connectivity index is 2.37. The zero-order chi connectivity index (χ0) is 14.0. The third-order valence-corrected chi connectivity index (χ3v) is 3.43. The first-order valence-electron chi connectivity index (χ1n) is 6.44. The fourth-order valence-corrected chi connectivity index (χ4v) is 2.41. The Kier molecular flexibility index (Phi) is 3.83. The van der Waals surface area contributed by atoms with Crippen LogP contribution in [0.3, 0.4) is 0 Å². The lowest BCUT2D eigenvalue weighted by molar-refractivity contribution is -0.134. The van der Waals surface area contributed by atoms with Gasteiger partial charge in [0.1, 0.15) is 5.82 Å². The van der Waals surface area contributed by atoms with E-state index in [2.05, 4.69) is 5.32 Å². The van der Waals surface area contributed by atoms with Crippen LogP contribution in [-0.2, 0) is 9.59 Å². The Morgan fingerprint density at radius 3 is 2.74 bits per heavy atom. The summed E-state index contributed by atoms with van der Waals surface area (Å²) in [5.74, 6) is -1.25. The van der Waals surface area contributed by atoms with Crippen LogP contribution in [0.15, 0.2) is 18.2 Å². The second-order valence-corrected chi connectivity index (χ2v) is 4.55. The van der Waals surface area contributed by atoms with E-state index in [4.69, 9.17) is 0 Å². The average Bonchev–Trinajstić information content (AvgIpc) is 2.38. The molecule has 1 aromatic carbocycles. The molecule has 4 nitrogen and oxygen atoms in total. The van der Waals surface area contributed by atoms with Gasteiger partial charge in [-0.15, -0.1) is 0 Å². The number of hydrogen-bond acceptors (Lipinski definition) is 2. The van der Waals surface area contributed by atoms with Crippen LogP contribution < -0.4 is 5.32 Å². The third kappa shape index (κ3) is 2.59. The molecule has 0 saturated heterocycles. The summed E-state index contributed by atoms with van der Waals surface area (Å²) in [5, 5.41) is 2.61. The van der Waals surface area contributed by atoms with Gasteiger partial charge < -0.3 is 10.2 Å². The van der Waals surface area contributed by atoms with Crippen LogP contribution in [0.1, 0.15) is 31.7 Å². The van der Waals surface area contributed by atoms with E-state index in [-0.39, 0.29) is 18.2 Å². The molecule has 1 unspecified atom stereocenters. The zero-order valence-corrected chi connectivity index (χ0v) is 11.1. The van der Waals surface area contributed by atoms with Gasteiger partial charge in [0, 0.05) is 25.2 Å². The van der Waals surface area contributed by atoms with Crippen LogP contribution in [0.25, 0.3) is 0 Å². The number of fused-ring (bicyclic) bond motifs is 1. The van der Waals surface area contributed by atoms with E-state index in [0.29, 0.717) is 24.3 Å². The molecule has 0 saturated carbocycles. The van der Waals surface area contributed by atoms with Gasteiger partial charge in [0.05, 0.1) is 5.92 Å². The molecule has 0 aliphatic carbocycles. The monoisotopic (exact) mass is 264 g/mol. The maximum atomic E-state index is 13.2. The van der Waals surface area contributed by atoms with Gasteiger partial charge in [-0.25, -0.2) is 4.39 Å². The minimum atomic E-state index is -0.510. The number of carbonyl (C=O) groups excluding carboxylic acids is 2. The molecule has 1 atom stereocenters. The number of nitrogens with zero attached hydrogens (tertiary/aromatic N) is 1. The van der Waals surface area contributed by atoms with Crippen molar-refractivity contribution in [2.45, 2.75) is 26.2 Å². The summed E-state index contributed by atoms with van der Waals surface area (Å²) in [6, 6.07) is 4.16. The summed E-state index contributed by atoms with van der Waals surface area (Å²) in [5.41, 5.74) is 1.10. The number of hydrogen-bond donors (Lipinski definition) is 1. The summed E-state index contributed by atoms with van der Waals surface area (Å²) >= 11 is 0. The molecular formula is C14H17FN2O2. The van der Waals surface area contributed by atoms with E-state index in [1.54, 1.807) is 11.0 Å². The van der Waals surface area contributed by atoms with E-state index < -0.39 is 11.7 Å². The minimum Gasteiger partial charge on any atom is -0.343 e. The van der Waals surface area contributed by atoms with Crippen LogP contribution in [0.2, 0.25) is 0 Å². The number of rotatable bonds is 3. The summed E-state index contributed by atoms with van der Waals surface area (Å²) < 4.78 is 13.2. The van der Waals surface area contributed by atoms with E-state index in [1.165, 1.54) is 12.1 Å². The fourth-order valence-electron chi connectivity index (χ4n) is 2.41. The normalized spacial score (nSPS) is 17.6. The summed E-state index contributed by atoms with van der Waals surface area (Å²) in [6.45, 7) is 5.00. The highest BCUT2D eigenvalue weighted by Gasteiger charge is 2.32. The molecule has 1 aliphatic rings. The zero-order valence-electron chi connectivity index (χ0n) is 11.1. The van der Waals surface area contributed by atoms with Gasteiger partial charge in [-0.05, 0) is 31.5 Å². The Labute approximate surface area is 111 Å². The quantitative estimate of drug-likeness (QED) is 0.909. The van der Waals surface area contributed by atoms with Gasteiger partial charge in [-0.1, -0.05) is 6.07 Å². The number of likely N-dealkylation sites (N-methyl/N-ethyl adjacent to an activating group) is 1. The van der Waals surface area contributed by atoms with Crippen molar-refractivity contribution in [1.29, 1.82) is 0 Å². The van der Waals surface area contributed by atoms with Gasteiger partial charge in [0.15, 0.2) is 0 Å². The lowest BCUT2D eigenvalue weighted by Crippen LogP contribution is -2.38. The van der Waals surface area contributed by atoms with Gasteiger partial charge in [-0.2, -0.15) is 0 Å². The van der Waals surface area contributed by atoms with Crippen LogP contribution >= 0.6 is 0 Å². The number of benzene rings is 1. The van der Waals surface area contributed by atoms with Gasteiger partial charge in [0.25, 0.3) is 0 Å². The first-order chi connectivity index (χ1) is 9.06. The highest BCUT2D eigenvalue weighted by Crippen LogP contribution is 2.33. The second-order valence-electron chi connectivity index (χ2n) is 4.55. The van der Waals surface area contributed by atoms with Gasteiger partial charge >= 0.3 is 0 Å². The molecule has 2 amide bonds. The highest BCUT2D eigenvalue weighted by atomic mass is 19.1. The Morgan fingerprint density at radius 2 is 2.11 bits per heavy atom. The molecule has 0 fully saturated rings. The smallest absolute Gasteiger partial charge is 0.230 e. The van der Waals surface area contributed by atoms with E-state index >= 15 is 0 Å². The average molecular weight is 264 g/mol. The van der Waals surface area contributed by atoms with Crippen molar-refractivity contribution < 1.29 is 14.0 Å². The molecule has 19 heavy (non-hydrogen) atoms. The molecule has 102 valence electrons. The SMILES string of the molecule is CCN(CC)C(=O)C1CC(=O)Nc2cc(F)ccc21. The summed E-state index contributed by atoms with van der Waals surface area (Å²) in [6.07, 6.45) is 0.119. The topological polar surface area (TPSA) is 49.4 Å². The molecular weight excluding hydrogens is 247 g/mol. The largest absolute Gasteiger partial charge is 0.343 e. The van der Waals surface area contributed by atoms with Crippen molar-refractivity contribution in [2.75, 3.05) is 18.4 Å². The molecule has 5 heteroatoms. The van der Waals surface area contributed by atoms with Crippen molar-refractivity contribution in [2.24, 2.45) is 0 Å². The Hall–Kier alpha value is -1.91. The number of anilines is 1. The maximum absolute atomic E-state index is 13.2. The van der Waals surface area contributed by atoms with Gasteiger partial charge in [-0.3, -0.25) is 9.59 Å². The molecule has 0 radical (unpaired) electrons. The molecule has 1 aromatic rings. The molecule has 0 spiro atoms. The van der Waals surface area contributed by atoms with Crippen LogP contribution in [0, 0.1) is 5.82 Å². The predicted molar refractivity (Wildman–Crippen MR) is 70.3 cm³/mol. The molecule has 1 N–H and O–H groups in total. The van der Waals surface area contributed by atoms with Crippen molar-refractivity contribution in [3.63, 3.8) is 0 Å². The van der Waals surface area contributed by atoms with E-state index in [1.807, 2.05) is 13.8 Å². The number of carbonyl (C=O) groups is 2. The van der Waals surface area contributed by atoms with Crippen molar-refractivity contribution in [3.05, 3.63) is 29.6 Å². The van der Waals surface area contributed by atoms with Crippen LogP contribution in [-0.4, -0.2) is 29.8 Å². The lowest BCUT2D eigenvalue weighted by atomic mass is 9.89. The van der Waals surface area contributed by atoms with Crippen molar-refractivity contribution in [1.82, 2.24) is 4.90 Å². The maximum Gasteiger partial charge on any atom is 0.230 e. The highest BCUT2D eigenvalue weighted by molar-refractivity contribution is 6.01.